The van der Waals surface area contributed by atoms with Crippen LogP contribution in [0.5, 0.6) is 5.75 Å². The van der Waals surface area contributed by atoms with Crippen molar-refractivity contribution in [2.24, 2.45) is 11.7 Å². The fourth-order valence-corrected chi connectivity index (χ4v) is 3.57. The minimum atomic E-state index is -0.405. The lowest BCUT2D eigenvalue weighted by Crippen LogP contribution is -2.30. The van der Waals surface area contributed by atoms with Gasteiger partial charge in [0, 0.05) is 11.9 Å². The molecule has 0 saturated carbocycles. The molecule has 1 amide bonds. The fourth-order valence-electron chi connectivity index (χ4n) is 3.57. The molecule has 3 N–H and O–H groups in total. The maximum Gasteiger partial charge on any atom is 0.252 e. The van der Waals surface area contributed by atoms with Gasteiger partial charge in [0.2, 0.25) is 0 Å². The first-order chi connectivity index (χ1) is 12.6. The summed E-state index contributed by atoms with van der Waals surface area (Å²) in [6.45, 7) is 2.33. The quantitative estimate of drug-likeness (QED) is 0.707. The van der Waals surface area contributed by atoms with Crippen molar-refractivity contribution >= 4 is 16.9 Å². The Morgan fingerprint density at radius 1 is 1.46 bits per heavy atom. The molecule has 2 aromatic heterocycles. The van der Waals surface area contributed by atoms with E-state index in [0.29, 0.717) is 18.0 Å². The lowest BCUT2D eigenvalue weighted by atomic mass is 9.94. The number of ether oxygens (including phenoxy) is 1. The molecule has 1 aliphatic heterocycles. The Labute approximate surface area is 151 Å². The van der Waals surface area contributed by atoms with E-state index in [1.165, 1.54) is 0 Å². The van der Waals surface area contributed by atoms with Gasteiger partial charge in [-0.25, -0.2) is 0 Å². The Kier molecular flexibility index (Phi) is 4.38. The van der Waals surface area contributed by atoms with E-state index in [1.807, 2.05) is 28.9 Å². The molecule has 7 heteroatoms. The third-order valence-corrected chi connectivity index (χ3v) is 4.95. The number of fused-ring (bicyclic) bond motifs is 2. The summed E-state index contributed by atoms with van der Waals surface area (Å²) in [6.07, 6.45) is 3.41. The second-order valence-corrected chi connectivity index (χ2v) is 6.70. The van der Waals surface area contributed by atoms with Crippen molar-refractivity contribution < 1.29 is 13.9 Å². The molecule has 3 heterocycles. The highest BCUT2D eigenvalue weighted by atomic mass is 16.5. The molecule has 0 aliphatic carbocycles. The molecule has 1 aromatic carbocycles. The van der Waals surface area contributed by atoms with E-state index in [4.69, 9.17) is 14.9 Å². The first-order valence-electron chi connectivity index (χ1n) is 8.75. The number of aromatic nitrogens is 2. The Bertz CT molecular complexity index is 944. The monoisotopic (exact) mass is 354 g/mol. The van der Waals surface area contributed by atoms with E-state index in [-0.39, 0.29) is 0 Å². The number of hydrogen-bond acceptors (Lipinski definition) is 5. The first-order valence-corrected chi connectivity index (χ1v) is 8.75. The summed E-state index contributed by atoms with van der Waals surface area (Å²) in [7, 11) is 1.66. The molecule has 1 unspecified atom stereocenters. The van der Waals surface area contributed by atoms with Gasteiger partial charge in [-0.05, 0) is 49.6 Å². The van der Waals surface area contributed by atoms with Crippen molar-refractivity contribution in [2.75, 3.05) is 13.7 Å². The predicted octanol–water partition coefficient (Wildman–Crippen LogP) is 2.09. The zero-order valence-corrected chi connectivity index (χ0v) is 14.7. The molecule has 1 atom stereocenters. The van der Waals surface area contributed by atoms with Gasteiger partial charge in [-0.2, -0.15) is 5.10 Å². The number of primary amides is 1. The van der Waals surface area contributed by atoms with Crippen molar-refractivity contribution in [1.29, 1.82) is 0 Å². The summed E-state index contributed by atoms with van der Waals surface area (Å²) < 4.78 is 13.0. The zero-order valence-electron chi connectivity index (χ0n) is 14.7. The van der Waals surface area contributed by atoms with Crippen LogP contribution in [0.4, 0.5) is 0 Å². The van der Waals surface area contributed by atoms with E-state index in [1.54, 1.807) is 13.3 Å². The molecule has 0 spiro atoms. The van der Waals surface area contributed by atoms with Gasteiger partial charge < -0.3 is 20.2 Å². The molecular formula is C19H22N4O3. The minimum Gasteiger partial charge on any atom is -0.497 e. The largest absolute Gasteiger partial charge is 0.497 e. The summed E-state index contributed by atoms with van der Waals surface area (Å²) >= 11 is 0. The van der Waals surface area contributed by atoms with E-state index >= 15 is 0 Å². The third-order valence-electron chi connectivity index (χ3n) is 4.95. The SMILES string of the molecule is COc1ccc2oc(CNCC3CCn4ncc(C(N)=O)c4C3)cc2c1. The van der Waals surface area contributed by atoms with Crippen LogP contribution in [-0.4, -0.2) is 29.3 Å². The van der Waals surface area contributed by atoms with Crippen molar-refractivity contribution in [3.8, 4) is 5.75 Å². The molecule has 0 bridgehead atoms. The van der Waals surface area contributed by atoms with E-state index in [2.05, 4.69) is 10.4 Å². The number of carbonyl (C=O) groups is 1. The Hall–Kier alpha value is -2.80. The predicted molar refractivity (Wildman–Crippen MR) is 97.0 cm³/mol. The molecule has 1 aliphatic rings. The lowest BCUT2D eigenvalue weighted by Gasteiger charge is -2.24. The second-order valence-electron chi connectivity index (χ2n) is 6.70. The van der Waals surface area contributed by atoms with Gasteiger partial charge in [-0.3, -0.25) is 9.48 Å². The number of rotatable bonds is 6. The number of hydrogen-bond donors (Lipinski definition) is 2. The van der Waals surface area contributed by atoms with Crippen LogP contribution < -0.4 is 15.8 Å². The number of nitrogens with zero attached hydrogens (tertiary/aromatic N) is 2. The highest BCUT2D eigenvalue weighted by Gasteiger charge is 2.24. The highest BCUT2D eigenvalue weighted by Crippen LogP contribution is 2.25. The van der Waals surface area contributed by atoms with Crippen molar-refractivity contribution in [1.82, 2.24) is 15.1 Å². The van der Waals surface area contributed by atoms with Gasteiger partial charge in [0.25, 0.3) is 5.91 Å². The first kappa shape index (κ1) is 16.7. The van der Waals surface area contributed by atoms with E-state index < -0.39 is 5.91 Å². The van der Waals surface area contributed by atoms with Gasteiger partial charge in [-0.15, -0.1) is 0 Å². The van der Waals surface area contributed by atoms with Gasteiger partial charge in [0.1, 0.15) is 17.1 Å². The Balaban J connectivity index is 1.36. The van der Waals surface area contributed by atoms with E-state index in [9.17, 15) is 4.79 Å². The van der Waals surface area contributed by atoms with Crippen LogP contribution in [0.2, 0.25) is 0 Å². The fraction of sp³-hybridized carbons (Fsp3) is 0.368. The summed E-state index contributed by atoms with van der Waals surface area (Å²) in [4.78, 5) is 11.5. The number of furan rings is 1. The second kappa shape index (κ2) is 6.84. The van der Waals surface area contributed by atoms with Crippen LogP contribution in [0.15, 0.2) is 34.9 Å². The summed E-state index contributed by atoms with van der Waals surface area (Å²) in [5, 5.41) is 8.75. The van der Waals surface area contributed by atoms with Gasteiger partial charge in [0.15, 0.2) is 0 Å². The average molecular weight is 354 g/mol. The lowest BCUT2D eigenvalue weighted by molar-refractivity contribution is 0.0998. The number of benzene rings is 1. The van der Waals surface area contributed by atoms with Gasteiger partial charge in [-0.1, -0.05) is 0 Å². The zero-order chi connectivity index (χ0) is 18.1. The van der Waals surface area contributed by atoms with E-state index in [0.717, 1.165) is 54.1 Å². The normalized spacial score (nSPS) is 16.6. The number of aryl methyl sites for hydroxylation is 1. The molecule has 3 aromatic rings. The van der Waals surface area contributed by atoms with Gasteiger partial charge in [0.05, 0.1) is 31.1 Å². The van der Waals surface area contributed by atoms with Gasteiger partial charge >= 0.3 is 0 Å². The number of nitrogens with two attached hydrogens (primary N) is 1. The highest BCUT2D eigenvalue weighted by molar-refractivity contribution is 5.93. The molecule has 0 radical (unpaired) electrons. The minimum absolute atomic E-state index is 0.405. The molecule has 0 fully saturated rings. The molecular weight excluding hydrogens is 332 g/mol. The molecule has 4 rings (SSSR count). The number of carbonyl (C=O) groups excluding carboxylic acids is 1. The van der Waals surface area contributed by atoms with Crippen LogP contribution in [0, 0.1) is 5.92 Å². The number of nitrogens with one attached hydrogen (secondary N) is 1. The van der Waals surface area contributed by atoms with Crippen LogP contribution in [-0.2, 0) is 19.5 Å². The summed E-state index contributed by atoms with van der Waals surface area (Å²) in [5.74, 6) is 1.76. The van der Waals surface area contributed by atoms with Crippen LogP contribution in [0.25, 0.3) is 11.0 Å². The molecule has 0 saturated heterocycles. The van der Waals surface area contributed by atoms with Crippen molar-refractivity contribution in [3.63, 3.8) is 0 Å². The molecule has 7 nitrogen and oxygen atoms in total. The standard InChI is InChI=1S/C19H22N4O3/c1-25-14-2-3-18-13(7-14)8-15(26-18)10-21-9-12-4-5-23-17(6-12)16(11-22-23)19(20)24/h2-3,7-8,11-12,21H,4-6,9-10H2,1H3,(H2,20,24). The molecule has 136 valence electrons. The van der Waals surface area contributed by atoms with Crippen molar-refractivity contribution in [3.05, 3.63) is 47.5 Å². The third kappa shape index (κ3) is 3.17. The number of amides is 1. The van der Waals surface area contributed by atoms with Crippen LogP contribution >= 0.6 is 0 Å². The maximum absolute atomic E-state index is 11.5. The summed E-state index contributed by atoms with van der Waals surface area (Å²) in [6, 6.07) is 7.82. The summed E-state index contributed by atoms with van der Waals surface area (Å²) in [5.41, 5.74) is 7.78. The topological polar surface area (TPSA) is 95.3 Å². The molecule has 26 heavy (non-hydrogen) atoms. The average Bonchev–Trinajstić information content (AvgIpc) is 3.24. The number of methoxy groups -OCH3 is 1. The Morgan fingerprint density at radius 2 is 2.35 bits per heavy atom. The van der Waals surface area contributed by atoms with Crippen LogP contribution in [0.1, 0.15) is 28.2 Å². The smallest absolute Gasteiger partial charge is 0.252 e. The Morgan fingerprint density at radius 3 is 3.15 bits per heavy atom. The van der Waals surface area contributed by atoms with Crippen LogP contribution in [0.3, 0.4) is 0 Å². The maximum atomic E-state index is 11.5. The van der Waals surface area contributed by atoms with Crippen molar-refractivity contribution in [2.45, 2.75) is 25.9 Å².